The SMILES string of the molecule is CCCC1CCCC(NC(C)c2cc(F)ccc2F)CC1. The van der Waals surface area contributed by atoms with Crippen LogP contribution in [0.1, 0.15) is 70.4 Å². The van der Waals surface area contributed by atoms with Gasteiger partial charge in [0, 0.05) is 17.6 Å². The second kappa shape index (κ2) is 7.88. The van der Waals surface area contributed by atoms with Crippen molar-refractivity contribution in [2.75, 3.05) is 0 Å². The van der Waals surface area contributed by atoms with Crippen LogP contribution >= 0.6 is 0 Å². The smallest absolute Gasteiger partial charge is 0.128 e. The van der Waals surface area contributed by atoms with Crippen molar-refractivity contribution < 1.29 is 8.78 Å². The van der Waals surface area contributed by atoms with Crippen molar-refractivity contribution in [3.8, 4) is 0 Å². The quantitative estimate of drug-likeness (QED) is 0.721. The molecule has 0 radical (unpaired) electrons. The summed E-state index contributed by atoms with van der Waals surface area (Å²) in [5.41, 5.74) is 0.435. The monoisotopic (exact) mass is 295 g/mol. The van der Waals surface area contributed by atoms with E-state index in [2.05, 4.69) is 12.2 Å². The fraction of sp³-hybridized carbons (Fsp3) is 0.667. The van der Waals surface area contributed by atoms with Gasteiger partial charge in [-0.1, -0.05) is 32.6 Å². The van der Waals surface area contributed by atoms with Gasteiger partial charge in [0.2, 0.25) is 0 Å². The summed E-state index contributed by atoms with van der Waals surface area (Å²) in [7, 11) is 0. The van der Waals surface area contributed by atoms with Crippen LogP contribution in [0.15, 0.2) is 18.2 Å². The average molecular weight is 295 g/mol. The van der Waals surface area contributed by atoms with Crippen molar-refractivity contribution >= 4 is 0 Å². The summed E-state index contributed by atoms with van der Waals surface area (Å²) in [6.07, 6.45) is 8.67. The maximum Gasteiger partial charge on any atom is 0.128 e. The summed E-state index contributed by atoms with van der Waals surface area (Å²) in [5.74, 6) is 0.154. The maximum absolute atomic E-state index is 13.8. The van der Waals surface area contributed by atoms with E-state index in [1.54, 1.807) is 0 Å². The van der Waals surface area contributed by atoms with Gasteiger partial charge in [0.25, 0.3) is 0 Å². The lowest BCUT2D eigenvalue weighted by Crippen LogP contribution is -2.31. The molecule has 3 heteroatoms. The van der Waals surface area contributed by atoms with E-state index in [4.69, 9.17) is 0 Å². The lowest BCUT2D eigenvalue weighted by molar-refractivity contribution is 0.387. The summed E-state index contributed by atoms with van der Waals surface area (Å²) >= 11 is 0. The molecule has 1 nitrogen and oxygen atoms in total. The highest BCUT2D eigenvalue weighted by molar-refractivity contribution is 5.21. The summed E-state index contributed by atoms with van der Waals surface area (Å²) in [4.78, 5) is 0. The van der Waals surface area contributed by atoms with Gasteiger partial charge in [0.05, 0.1) is 0 Å². The summed E-state index contributed by atoms with van der Waals surface area (Å²) in [5, 5.41) is 3.50. The second-order valence-corrected chi connectivity index (χ2v) is 6.41. The van der Waals surface area contributed by atoms with Crippen LogP contribution in [0.25, 0.3) is 0 Å². The van der Waals surface area contributed by atoms with E-state index < -0.39 is 0 Å². The van der Waals surface area contributed by atoms with E-state index in [0.717, 1.165) is 18.8 Å². The standard InChI is InChI=1S/C18H27F2N/c1-3-5-14-6-4-7-16(10-8-14)21-13(2)17-12-15(19)9-11-18(17)20/h9,11-14,16,21H,3-8,10H2,1-2H3. The largest absolute Gasteiger partial charge is 0.307 e. The van der Waals surface area contributed by atoms with E-state index in [1.807, 2.05) is 6.92 Å². The summed E-state index contributed by atoms with van der Waals surface area (Å²) in [6, 6.07) is 3.97. The fourth-order valence-corrected chi connectivity index (χ4v) is 3.53. The zero-order valence-electron chi connectivity index (χ0n) is 13.2. The van der Waals surface area contributed by atoms with Crippen molar-refractivity contribution in [2.24, 2.45) is 5.92 Å². The van der Waals surface area contributed by atoms with Gasteiger partial charge < -0.3 is 5.32 Å². The zero-order chi connectivity index (χ0) is 15.2. The molecule has 1 aromatic carbocycles. The van der Waals surface area contributed by atoms with Gasteiger partial charge in [0.15, 0.2) is 0 Å². The molecule has 0 amide bonds. The van der Waals surface area contributed by atoms with Crippen LogP contribution in [0.2, 0.25) is 0 Å². The van der Waals surface area contributed by atoms with Crippen LogP contribution in [0.3, 0.4) is 0 Å². The second-order valence-electron chi connectivity index (χ2n) is 6.41. The minimum atomic E-state index is -0.371. The molecular weight excluding hydrogens is 268 g/mol. The lowest BCUT2D eigenvalue weighted by atomic mass is 9.95. The molecule has 0 bridgehead atoms. The first-order valence-corrected chi connectivity index (χ1v) is 8.31. The third-order valence-electron chi connectivity index (χ3n) is 4.70. The minimum Gasteiger partial charge on any atom is -0.307 e. The third-order valence-corrected chi connectivity index (χ3v) is 4.70. The van der Waals surface area contributed by atoms with Gasteiger partial charge in [-0.15, -0.1) is 0 Å². The Labute approximate surface area is 127 Å². The van der Waals surface area contributed by atoms with Gasteiger partial charge >= 0.3 is 0 Å². The Morgan fingerprint density at radius 2 is 2.00 bits per heavy atom. The molecule has 1 aliphatic rings. The number of nitrogens with one attached hydrogen (secondary N) is 1. The van der Waals surface area contributed by atoms with Crippen LogP contribution in [0, 0.1) is 17.6 Å². The van der Waals surface area contributed by atoms with Gasteiger partial charge in [-0.2, -0.15) is 0 Å². The van der Waals surface area contributed by atoms with Crippen LogP contribution in [-0.4, -0.2) is 6.04 Å². The molecule has 0 aliphatic heterocycles. The van der Waals surface area contributed by atoms with Crippen molar-refractivity contribution in [1.82, 2.24) is 5.32 Å². The number of hydrogen-bond acceptors (Lipinski definition) is 1. The van der Waals surface area contributed by atoms with Crippen LogP contribution in [0.5, 0.6) is 0 Å². The fourth-order valence-electron chi connectivity index (χ4n) is 3.53. The molecule has 21 heavy (non-hydrogen) atoms. The average Bonchev–Trinajstić information content (AvgIpc) is 2.67. The van der Waals surface area contributed by atoms with E-state index in [0.29, 0.717) is 11.6 Å². The number of hydrogen-bond donors (Lipinski definition) is 1. The van der Waals surface area contributed by atoms with Crippen molar-refractivity contribution in [1.29, 1.82) is 0 Å². The normalized spacial score (nSPS) is 24.6. The van der Waals surface area contributed by atoms with Crippen LogP contribution in [0.4, 0.5) is 8.78 Å². The van der Waals surface area contributed by atoms with Crippen LogP contribution in [-0.2, 0) is 0 Å². The third kappa shape index (κ3) is 4.77. The van der Waals surface area contributed by atoms with Crippen molar-refractivity contribution in [3.05, 3.63) is 35.4 Å². The predicted octanol–water partition coefficient (Wildman–Crippen LogP) is 5.36. The molecule has 1 fully saturated rings. The molecule has 0 spiro atoms. The number of rotatable bonds is 5. The predicted molar refractivity (Wildman–Crippen MR) is 83.2 cm³/mol. The van der Waals surface area contributed by atoms with Crippen LogP contribution < -0.4 is 5.32 Å². The molecule has 3 unspecified atom stereocenters. The summed E-state index contributed by atoms with van der Waals surface area (Å²) < 4.78 is 27.1. The molecule has 1 N–H and O–H groups in total. The molecular formula is C18H27F2N. The van der Waals surface area contributed by atoms with E-state index in [-0.39, 0.29) is 17.7 Å². The number of benzene rings is 1. The molecule has 0 aromatic heterocycles. The molecule has 0 heterocycles. The molecule has 1 aromatic rings. The van der Waals surface area contributed by atoms with Gasteiger partial charge in [-0.3, -0.25) is 0 Å². The molecule has 118 valence electrons. The number of halogens is 2. The Morgan fingerprint density at radius 3 is 2.76 bits per heavy atom. The first-order valence-electron chi connectivity index (χ1n) is 8.31. The first kappa shape index (κ1) is 16.4. The Morgan fingerprint density at radius 1 is 1.19 bits per heavy atom. The molecule has 1 aliphatic carbocycles. The van der Waals surface area contributed by atoms with Crippen molar-refractivity contribution in [3.63, 3.8) is 0 Å². The highest BCUT2D eigenvalue weighted by Gasteiger charge is 2.21. The Hall–Kier alpha value is -0.960. The Balaban J connectivity index is 1.93. The van der Waals surface area contributed by atoms with E-state index in [1.165, 1.54) is 50.3 Å². The van der Waals surface area contributed by atoms with E-state index in [9.17, 15) is 8.78 Å². The Bertz CT molecular complexity index is 447. The Kier molecular flexibility index (Phi) is 6.16. The zero-order valence-corrected chi connectivity index (χ0v) is 13.2. The lowest BCUT2D eigenvalue weighted by Gasteiger charge is -2.23. The minimum absolute atomic E-state index is 0.145. The maximum atomic E-state index is 13.8. The van der Waals surface area contributed by atoms with Crippen molar-refractivity contribution in [2.45, 2.75) is 70.9 Å². The first-order chi connectivity index (χ1) is 10.1. The highest BCUT2D eigenvalue weighted by Crippen LogP contribution is 2.28. The van der Waals surface area contributed by atoms with Gasteiger partial charge in [-0.25, -0.2) is 8.78 Å². The molecule has 1 saturated carbocycles. The molecule has 2 rings (SSSR count). The van der Waals surface area contributed by atoms with Gasteiger partial charge in [0.1, 0.15) is 11.6 Å². The highest BCUT2D eigenvalue weighted by atomic mass is 19.1. The molecule has 3 atom stereocenters. The van der Waals surface area contributed by atoms with E-state index >= 15 is 0 Å². The van der Waals surface area contributed by atoms with Gasteiger partial charge in [-0.05, 0) is 50.3 Å². The topological polar surface area (TPSA) is 12.0 Å². The molecule has 0 saturated heterocycles. The summed E-state index contributed by atoms with van der Waals surface area (Å²) in [6.45, 7) is 4.17.